The zero-order chi connectivity index (χ0) is 22.6. The number of hydrogen-bond acceptors (Lipinski definition) is 7. The normalized spacial score (nSPS) is 10.9. The molecule has 2 aromatic carbocycles. The molecule has 0 aliphatic carbocycles. The maximum absolute atomic E-state index is 13.1. The van der Waals surface area contributed by atoms with Crippen LogP contribution in [0.3, 0.4) is 0 Å². The van der Waals surface area contributed by atoms with Gasteiger partial charge in [0.25, 0.3) is 5.91 Å². The van der Waals surface area contributed by atoms with E-state index in [-0.39, 0.29) is 28.4 Å². The highest BCUT2D eigenvalue weighted by Crippen LogP contribution is 2.38. The van der Waals surface area contributed by atoms with Gasteiger partial charge in [0.15, 0.2) is 11.5 Å². The molecule has 0 fully saturated rings. The Morgan fingerprint density at radius 2 is 1.43 bits per heavy atom. The second kappa shape index (κ2) is 9.31. The maximum atomic E-state index is 13.1. The third-order valence-electron chi connectivity index (χ3n) is 4.31. The number of nitrogens with one attached hydrogen (secondary N) is 1. The SMILES string of the molecule is COc1cc(NC(=O)c2cc(OC)c(OC)cc2N(C)S(C)(=O)=O)c(OC)cc1Cl. The van der Waals surface area contributed by atoms with Gasteiger partial charge < -0.3 is 24.3 Å². The van der Waals surface area contributed by atoms with Crippen molar-refractivity contribution in [1.29, 1.82) is 0 Å². The summed E-state index contributed by atoms with van der Waals surface area (Å²) in [4.78, 5) is 13.1. The Kier molecular flexibility index (Phi) is 7.27. The van der Waals surface area contributed by atoms with Crippen LogP contribution in [0.5, 0.6) is 23.0 Å². The molecule has 30 heavy (non-hydrogen) atoms. The standard InChI is InChI=1S/C19H23ClN2O7S/c1-22(30(6,24)25)14-10-18(29-5)17(28-4)7-11(14)19(23)21-13-9-15(26-2)12(20)8-16(13)27-3/h7-10H,1-6H3,(H,21,23). The van der Waals surface area contributed by atoms with Crippen LogP contribution in [0.1, 0.15) is 10.4 Å². The minimum Gasteiger partial charge on any atom is -0.495 e. The largest absolute Gasteiger partial charge is 0.495 e. The summed E-state index contributed by atoms with van der Waals surface area (Å²) in [6, 6.07) is 5.80. The zero-order valence-corrected chi connectivity index (χ0v) is 19.0. The van der Waals surface area contributed by atoms with Crippen LogP contribution in [-0.2, 0) is 10.0 Å². The van der Waals surface area contributed by atoms with E-state index < -0.39 is 15.9 Å². The summed E-state index contributed by atoms with van der Waals surface area (Å²) < 4.78 is 46.2. The van der Waals surface area contributed by atoms with Gasteiger partial charge in [-0.2, -0.15) is 0 Å². The van der Waals surface area contributed by atoms with Gasteiger partial charge in [0, 0.05) is 25.2 Å². The first-order valence-electron chi connectivity index (χ1n) is 8.50. The third kappa shape index (κ3) is 4.82. The summed E-state index contributed by atoms with van der Waals surface area (Å²) in [7, 11) is 3.35. The Morgan fingerprint density at radius 1 is 0.900 bits per heavy atom. The first-order chi connectivity index (χ1) is 14.1. The lowest BCUT2D eigenvalue weighted by Gasteiger charge is -2.22. The molecule has 0 aliphatic rings. The minimum atomic E-state index is -3.66. The molecule has 0 aromatic heterocycles. The van der Waals surface area contributed by atoms with Crippen molar-refractivity contribution in [1.82, 2.24) is 0 Å². The molecule has 0 atom stereocenters. The Balaban J connectivity index is 2.61. The van der Waals surface area contributed by atoms with E-state index in [9.17, 15) is 13.2 Å². The predicted octanol–water partition coefficient (Wildman–Crippen LogP) is 3.02. The molecule has 2 aromatic rings. The van der Waals surface area contributed by atoms with E-state index in [1.807, 2.05) is 0 Å². The van der Waals surface area contributed by atoms with Gasteiger partial charge in [-0.1, -0.05) is 11.6 Å². The molecule has 1 amide bonds. The van der Waals surface area contributed by atoms with E-state index >= 15 is 0 Å². The molecule has 164 valence electrons. The molecule has 0 heterocycles. The van der Waals surface area contributed by atoms with Crippen molar-refractivity contribution in [2.45, 2.75) is 0 Å². The first kappa shape index (κ1) is 23.4. The summed E-state index contributed by atoms with van der Waals surface area (Å²) in [6.07, 6.45) is 1.03. The molecular weight excluding hydrogens is 436 g/mol. The number of nitrogens with zero attached hydrogens (tertiary/aromatic N) is 1. The number of hydrogen-bond donors (Lipinski definition) is 1. The van der Waals surface area contributed by atoms with E-state index in [2.05, 4.69) is 5.32 Å². The van der Waals surface area contributed by atoms with Gasteiger partial charge >= 0.3 is 0 Å². The van der Waals surface area contributed by atoms with Gasteiger partial charge in [0.1, 0.15) is 11.5 Å². The zero-order valence-electron chi connectivity index (χ0n) is 17.4. The number of rotatable bonds is 8. The smallest absolute Gasteiger partial charge is 0.258 e. The molecule has 0 aliphatic heterocycles. The van der Waals surface area contributed by atoms with Crippen molar-refractivity contribution in [3.8, 4) is 23.0 Å². The number of anilines is 2. The van der Waals surface area contributed by atoms with Crippen molar-refractivity contribution in [2.75, 3.05) is 51.4 Å². The summed E-state index contributed by atoms with van der Waals surface area (Å²) in [5, 5.41) is 3.00. The highest BCUT2D eigenvalue weighted by atomic mass is 35.5. The number of amides is 1. The first-order valence-corrected chi connectivity index (χ1v) is 10.7. The molecule has 0 spiro atoms. The van der Waals surface area contributed by atoms with Crippen LogP contribution in [-0.4, -0.2) is 56.1 Å². The Morgan fingerprint density at radius 3 is 1.93 bits per heavy atom. The fraction of sp³-hybridized carbons (Fsp3) is 0.316. The second-order valence-corrected chi connectivity index (χ2v) is 8.52. The van der Waals surface area contributed by atoms with Gasteiger partial charge in [-0.25, -0.2) is 8.42 Å². The summed E-state index contributed by atoms with van der Waals surface area (Å²) in [5.41, 5.74) is 0.426. The monoisotopic (exact) mass is 458 g/mol. The van der Waals surface area contributed by atoms with E-state index in [0.29, 0.717) is 16.5 Å². The Bertz CT molecular complexity index is 1060. The minimum absolute atomic E-state index is 0.0385. The lowest BCUT2D eigenvalue weighted by atomic mass is 10.1. The van der Waals surface area contributed by atoms with Crippen molar-refractivity contribution in [3.05, 3.63) is 34.9 Å². The quantitative estimate of drug-likeness (QED) is 0.648. The van der Waals surface area contributed by atoms with Gasteiger partial charge in [-0.3, -0.25) is 9.10 Å². The van der Waals surface area contributed by atoms with E-state index in [4.69, 9.17) is 30.5 Å². The number of benzene rings is 2. The third-order valence-corrected chi connectivity index (χ3v) is 5.79. The maximum Gasteiger partial charge on any atom is 0.258 e. The lowest BCUT2D eigenvalue weighted by Crippen LogP contribution is -2.28. The molecule has 1 N–H and O–H groups in total. The molecule has 11 heteroatoms. The Labute approximate surface area is 180 Å². The van der Waals surface area contributed by atoms with Crippen molar-refractivity contribution in [2.24, 2.45) is 0 Å². The number of sulfonamides is 1. The average molecular weight is 459 g/mol. The average Bonchev–Trinajstić information content (AvgIpc) is 2.72. The molecule has 0 saturated carbocycles. The van der Waals surface area contributed by atoms with E-state index in [1.54, 1.807) is 0 Å². The predicted molar refractivity (Wildman–Crippen MR) is 115 cm³/mol. The van der Waals surface area contributed by atoms with Gasteiger partial charge in [0.2, 0.25) is 10.0 Å². The fourth-order valence-corrected chi connectivity index (χ4v) is 3.38. The van der Waals surface area contributed by atoms with E-state index in [1.165, 1.54) is 59.8 Å². The lowest BCUT2D eigenvalue weighted by molar-refractivity contribution is 0.102. The summed E-state index contributed by atoms with van der Waals surface area (Å²) in [5.74, 6) is 0.546. The van der Waals surface area contributed by atoms with Crippen LogP contribution in [0, 0.1) is 0 Å². The van der Waals surface area contributed by atoms with Crippen LogP contribution in [0.2, 0.25) is 5.02 Å². The number of ether oxygens (including phenoxy) is 4. The fourth-order valence-electron chi connectivity index (χ4n) is 2.64. The highest BCUT2D eigenvalue weighted by Gasteiger charge is 2.24. The van der Waals surface area contributed by atoms with Gasteiger partial charge in [0.05, 0.1) is 56.7 Å². The van der Waals surface area contributed by atoms with Crippen molar-refractivity contribution < 1.29 is 32.2 Å². The summed E-state index contributed by atoms with van der Waals surface area (Å²) >= 11 is 6.10. The number of carbonyl (C=O) groups excluding carboxylic acids is 1. The van der Waals surface area contributed by atoms with Crippen LogP contribution in [0.4, 0.5) is 11.4 Å². The second-order valence-electron chi connectivity index (χ2n) is 6.10. The van der Waals surface area contributed by atoms with E-state index in [0.717, 1.165) is 10.6 Å². The van der Waals surface area contributed by atoms with Crippen LogP contribution < -0.4 is 28.6 Å². The van der Waals surface area contributed by atoms with Crippen LogP contribution in [0.25, 0.3) is 0 Å². The number of carbonyl (C=O) groups is 1. The molecule has 0 saturated heterocycles. The molecule has 0 radical (unpaired) electrons. The van der Waals surface area contributed by atoms with Gasteiger partial charge in [-0.15, -0.1) is 0 Å². The molecule has 9 nitrogen and oxygen atoms in total. The van der Waals surface area contributed by atoms with Gasteiger partial charge in [-0.05, 0) is 6.07 Å². The molecule has 0 unspecified atom stereocenters. The van der Waals surface area contributed by atoms with Crippen molar-refractivity contribution >= 4 is 38.9 Å². The highest BCUT2D eigenvalue weighted by molar-refractivity contribution is 7.92. The summed E-state index contributed by atoms with van der Waals surface area (Å²) in [6.45, 7) is 0. The Hall–Kier alpha value is -2.85. The number of halogens is 1. The molecule has 0 bridgehead atoms. The van der Waals surface area contributed by atoms with Crippen LogP contribution in [0.15, 0.2) is 24.3 Å². The molecular formula is C19H23ClN2O7S. The van der Waals surface area contributed by atoms with Crippen LogP contribution >= 0.6 is 11.6 Å². The van der Waals surface area contributed by atoms with Crippen molar-refractivity contribution in [3.63, 3.8) is 0 Å². The molecule has 2 rings (SSSR count). The topological polar surface area (TPSA) is 103 Å². The number of methoxy groups -OCH3 is 4.